The van der Waals surface area contributed by atoms with Crippen molar-refractivity contribution in [1.29, 1.82) is 0 Å². The van der Waals surface area contributed by atoms with Gasteiger partial charge in [0.2, 0.25) is 0 Å². The molecule has 0 aliphatic carbocycles. The molecule has 1 aromatic rings. The SMILES string of the molecule is CC(C)OCc1nn(C(F)F)cc1S(=O)(=O)Cl. The summed E-state index contributed by atoms with van der Waals surface area (Å²) in [5.41, 5.74) is -0.131. The molecule has 5 nitrogen and oxygen atoms in total. The minimum absolute atomic E-state index is 0.131. The lowest BCUT2D eigenvalue weighted by Crippen LogP contribution is -2.06. The molecule has 9 heteroatoms. The van der Waals surface area contributed by atoms with Gasteiger partial charge < -0.3 is 4.74 Å². The van der Waals surface area contributed by atoms with Gasteiger partial charge in [-0.1, -0.05) is 0 Å². The zero-order valence-electron chi connectivity index (χ0n) is 9.10. The number of aromatic nitrogens is 2. The van der Waals surface area contributed by atoms with Gasteiger partial charge in [0.25, 0.3) is 9.05 Å². The van der Waals surface area contributed by atoms with Crippen molar-refractivity contribution in [3.63, 3.8) is 0 Å². The topological polar surface area (TPSA) is 61.2 Å². The van der Waals surface area contributed by atoms with Crippen LogP contribution < -0.4 is 0 Å². The summed E-state index contributed by atoms with van der Waals surface area (Å²) in [6, 6.07) is 0. The van der Waals surface area contributed by atoms with Crippen LogP contribution in [0.2, 0.25) is 0 Å². The Balaban J connectivity index is 3.09. The fourth-order valence-corrected chi connectivity index (χ4v) is 2.06. The number of rotatable bonds is 5. The Morgan fingerprint density at radius 2 is 2.12 bits per heavy atom. The third-order valence-electron chi connectivity index (χ3n) is 1.79. The van der Waals surface area contributed by atoms with E-state index in [2.05, 4.69) is 5.10 Å². The van der Waals surface area contributed by atoms with Crippen LogP contribution in [0.1, 0.15) is 26.1 Å². The summed E-state index contributed by atoms with van der Waals surface area (Å²) in [6.07, 6.45) is 0.504. The van der Waals surface area contributed by atoms with E-state index in [9.17, 15) is 17.2 Å². The maximum absolute atomic E-state index is 12.4. The highest BCUT2D eigenvalue weighted by molar-refractivity contribution is 8.13. The first-order valence-corrected chi connectivity index (χ1v) is 6.95. The number of halogens is 3. The number of hydrogen-bond donors (Lipinski definition) is 0. The third kappa shape index (κ3) is 3.90. The summed E-state index contributed by atoms with van der Waals surface area (Å²) in [5.74, 6) is 0. The first-order chi connectivity index (χ1) is 7.71. The molecular weight excluding hydrogens is 278 g/mol. The van der Waals surface area contributed by atoms with Crippen molar-refractivity contribution in [2.24, 2.45) is 0 Å². The van der Waals surface area contributed by atoms with Crippen molar-refractivity contribution >= 4 is 19.7 Å². The average molecular weight is 289 g/mol. The lowest BCUT2D eigenvalue weighted by atomic mass is 10.4. The van der Waals surface area contributed by atoms with E-state index in [0.29, 0.717) is 6.20 Å². The third-order valence-corrected chi connectivity index (χ3v) is 3.15. The van der Waals surface area contributed by atoms with Crippen LogP contribution >= 0.6 is 10.7 Å². The molecule has 1 rings (SSSR count). The van der Waals surface area contributed by atoms with Gasteiger partial charge in [0.05, 0.1) is 18.9 Å². The molecule has 0 amide bonds. The summed E-state index contributed by atoms with van der Waals surface area (Å²) in [5, 5.41) is 3.43. The molecule has 0 bridgehead atoms. The Morgan fingerprint density at radius 3 is 2.53 bits per heavy atom. The Hall–Kier alpha value is -0.730. The molecular formula is C8H11ClF2N2O3S. The molecule has 0 radical (unpaired) electrons. The summed E-state index contributed by atoms with van der Waals surface area (Å²) in [6.45, 7) is 0.316. The van der Waals surface area contributed by atoms with E-state index >= 15 is 0 Å². The van der Waals surface area contributed by atoms with E-state index in [0.717, 1.165) is 0 Å². The highest BCUT2D eigenvalue weighted by atomic mass is 35.7. The Kier molecular flexibility index (Phi) is 4.45. The van der Waals surface area contributed by atoms with Gasteiger partial charge in [0.1, 0.15) is 10.6 Å². The first-order valence-electron chi connectivity index (χ1n) is 4.64. The van der Waals surface area contributed by atoms with Gasteiger partial charge in [-0.25, -0.2) is 13.1 Å². The molecule has 0 aromatic carbocycles. The Morgan fingerprint density at radius 1 is 1.53 bits per heavy atom. The van der Waals surface area contributed by atoms with Crippen molar-refractivity contribution in [1.82, 2.24) is 9.78 Å². The molecule has 17 heavy (non-hydrogen) atoms. The lowest BCUT2D eigenvalue weighted by Gasteiger charge is -2.05. The molecule has 0 saturated carbocycles. The monoisotopic (exact) mass is 288 g/mol. The molecule has 0 fully saturated rings. The minimum Gasteiger partial charge on any atom is -0.372 e. The fraction of sp³-hybridized carbons (Fsp3) is 0.625. The molecule has 0 unspecified atom stereocenters. The smallest absolute Gasteiger partial charge is 0.333 e. The first kappa shape index (κ1) is 14.3. The molecule has 0 saturated heterocycles. The maximum Gasteiger partial charge on any atom is 0.333 e. The van der Waals surface area contributed by atoms with E-state index in [1.54, 1.807) is 13.8 Å². The van der Waals surface area contributed by atoms with Gasteiger partial charge in [-0.05, 0) is 13.8 Å². The Bertz CT molecular complexity index is 487. The summed E-state index contributed by atoms with van der Waals surface area (Å²) in [7, 11) is 0.997. The van der Waals surface area contributed by atoms with E-state index in [1.165, 1.54) is 0 Å². The second-order valence-corrected chi connectivity index (χ2v) is 6.03. The van der Waals surface area contributed by atoms with Crippen LogP contribution in [-0.2, 0) is 20.4 Å². The summed E-state index contributed by atoms with van der Waals surface area (Å²) < 4.78 is 52.4. The van der Waals surface area contributed by atoms with Crippen LogP contribution in [0, 0.1) is 0 Å². The molecule has 1 heterocycles. The van der Waals surface area contributed by atoms with E-state index in [4.69, 9.17) is 15.4 Å². The molecule has 0 aliphatic heterocycles. The van der Waals surface area contributed by atoms with E-state index in [-0.39, 0.29) is 23.1 Å². The van der Waals surface area contributed by atoms with Gasteiger partial charge >= 0.3 is 6.55 Å². The largest absolute Gasteiger partial charge is 0.372 e. The second-order valence-electron chi connectivity index (χ2n) is 3.50. The zero-order valence-corrected chi connectivity index (χ0v) is 10.7. The summed E-state index contributed by atoms with van der Waals surface area (Å²) >= 11 is 0. The van der Waals surface area contributed by atoms with Crippen molar-refractivity contribution < 1.29 is 21.9 Å². The van der Waals surface area contributed by atoms with Gasteiger partial charge in [-0.15, -0.1) is 0 Å². The predicted octanol–water partition coefficient (Wildman–Crippen LogP) is 2.13. The number of ether oxygens (including phenoxy) is 1. The van der Waals surface area contributed by atoms with Crippen molar-refractivity contribution in [2.45, 2.75) is 38.0 Å². The molecule has 98 valence electrons. The highest BCUT2D eigenvalue weighted by Crippen LogP contribution is 2.22. The molecule has 0 aliphatic rings. The minimum atomic E-state index is -4.12. The molecule has 0 atom stereocenters. The molecule has 0 spiro atoms. The zero-order chi connectivity index (χ0) is 13.2. The predicted molar refractivity (Wildman–Crippen MR) is 56.4 cm³/mol. The Labute approximate surface area is 102 Å². The lowest BCUT2D eigenvalue weighted by molar-refractivity contribution is 0.0484. The fourth-order valence-electron chi connectivity index (χ4n) is 1.06. The van der Waals surface area contributed by atoms with Crippen LogP contribution in [0.25, 0.3) is 0 Å². The molecule has 0 N–H and O–H groups in total. The van der Waals surface area contributed by atoms with Gasteiger partial charge in [0, 0.05) is 10.7 Å². The van der Waals surface area contributed by atoms with E-state index < -0.39 is 20.5 Å². The van der Waals surface area contributed by atoms with Crippen LogP contribution in [-0.4, -0.2) is 24.3 Å². The van der Waals surface area contributed by atoms with Crippen molar-refractivity contribution in [3.8, 4) is 0 Å². The highest BCUT2D eigenvalue weighted by Gasteiger charge is 2.23. The number of alkyl halides is 2. The second kappa shape index (κ2) is 5.28. The van der Waals surface area contributed by atoms with Crippen molar-refractivity contribution in [3.05, 3.63) is 11.9 Å². The van der Waals surface area contributed by atoms with Gasteiger partial charge in [-0.2, -0.15) is 13.9 Å². The molecule has 1 aromatic heterocycles. The van der Waals surface area contributed by atoms with Crippen LogP contribution in [0.4, 0.5) is 8.78 Å². The standard InChI is InChI=1S/C8H11ClF2N2O3S/c1-5(2)16-4-6-7(17(9,14)15)3-13(12-6)8(10)11/h3,5,8H,4H2,1-2H3. The maximum atomic E-state index is 12.4. The number of nitrogens with zero attached hydrogens (tertiary/aromatic N) is 2. The average Bonchev–Trinajstić information content (AvgIpc) is 2.57. The normalized spacial score (nSPS) is 12.6. The summed E-state index contributed by atoms with van der Waals surface area (Å²) in [4.78, 5) is -0.458. The van der Waals surface area contributed by atoms with Crippen LogP contribution in [0.3, 0.4) is 0 Å². The quantitative estimate of drug-likeness (QED) is 0.779. The van der Waals surface area contributed by atoms with Crippen LogP contribution in [0.5, 0.6) is 0 Å². The van der Waals surface area contributed by atoms with Crippen molar-refractivity contribution in [2.75, 3.05) is 0 Å². The van der Waals surface area contributed by atoms with Gasteiger partial charge in [-0.3, -0.25) is 0 Å². The van der Waals surface area contributed by atoms with E-state index in [1.807, 2.05) is 0 Å². The number of hydrogen-bond acceptors (Lipinski definition) is 4. The van der Waals surface area contributed by atoms with Crippen LogP contribution in [0.15, 0.2) is 11.1 Å². The van der Waals surface area contributed by atoms with Gasteiger partial charge in [0.15, 0.2) is 0 Å².